The summed E-state index contributed by atoms with van der Waals surface area (Å²) in [6, 6.07) is 13.0. The Kier molecular flexibility index (Phi) is 4.28. The van der Waals surface area contributed by atoms with E-state index in [1.807, 2.05) is 24.3 Å². The molecule has 2 aromatic carbocycles. The molecule has 0 spiro atoms. The van der Waals surface area contributed by atoms with Crippen LogP contribution in [0.3, 0.4) is 0 Å². The van der Waals surface area contributed by atoms with Crippen LogP contribution in [0, 0.1) is 0 Å². The molecule has 5 nitrogen and oxygen atoms in total. The standard InChI is InChI=1S/C18H19N3O2/c1-3-10-21-16-7-5-4-6-15(16)20-18(21)19-12-13-11-14(23-2)8-9-17(13)22/h4-9,11-12,22H,3,10H2,1-2H3/b19-12+. The Bertz CT molecular complexity index is 853. The van der Waals surface area contributed by atoms with E-state index >= 15 is 0 Å². The Morgan fingerprint density at radius 2 is 2.09 bits per heavy atom. The summed E-state index contributed by atoms with van der Waals surface area (Å²) in [5.41, 5.74) is 2.58. The number of hydrogen-bond donors (Lipinski definition) is 1. The van der Waals surface area contributed by atoms with Gasteiger partial charge in [0.15, 0.2) is 0 Å². The van der Waals surface area contributed by atoms with Crippen molar-refractivity contribution in [2.75, 3.05) is 7.11 Å². The topological polar surface area (TPSA) is 59.6 Å². The maximum absolute atomic E-state index is 9.95. The molecule has 1 aromatic heterocycles. The highest BCUT2D eigenvalue weighted by Crippen LogP contribution is 2.24. The summed E-state index contributed by atoms with van der Waals surface area (Å²) in [5.74, 6) is 1.47. The van der Waals surface area contributed by atoms with E-state index in [-0.39, 0.29) is 5.75 Å². The Morgan fingerprint density at radius 1 is 1.26 bits per heavy atom. The summed E-state index contributed by atoms with van der Waals surface area (Å²) in [4.78, 5) is 9.05. The molecule has 1 N–H and O–H groups in total. The fourth-order valence-corrected chi connectivity index (χ4v) is 2.50. The fourth-order valence-electron chi connectivity index (χ4n) is 2.50. The van der Waals surface area contributed by atoms with Crippen molar-refractivity contribution in [3.8, 4) is 11.5 Å². The molecular formula is C18H19N3O2. The molecule has 0 aliphatic heterocycles. The van der Waals surface area contributed by atoms with Crippen LogP contribution < -0.4 is 4.74 Å². The molecule has 0 saturated carbocycles. The number of aryl methyl sites for hydroxylation is 1. The van der Waals surface area contributed by atoms with E-state index in [1.54, 1.807) is 31.5 Å². The number of aliphatic imine (C=N–C) groups is 1. The van der Waals surface area contributed by atoms with Crippen molar-refractivity contribution in [3.05, 3.63) is 48.0 Å². The molecule has 0 fully saturated rings. The summed E-state index contributed by atoms with van der Waals surface area (Å²) < 4.78 is 7.26. The van der Waals surface area contributed by atoms with Gasteiger partial charge >= 0.3 is 0 Å². The van der Waals surface area contributed by atoms with E-state index < -0.39 is 0 Å². The number of rotatable bonds is 5. The molecule has 0 saturated heterocycles. The molecule has 118 valence electrons. The lowest BCUT2D eigenvalue weighted by Gasteiger charge is -2.05. The molecule has 0 unspecified atom stereocenters. The van der Waals surface area contributed by atoms with Crippen LogP contribution in [0.5, 0.6) is 11.5 Å². The van der Waals surface area contributed by atoms with E-state index in [1.165, 1.54) is 0 Å². The van der Waals surface area contributed by atoms with Crippen molar-refractivity contribution in [3.63, 3.8) is 0 Å². The van der Waals surface area contributed by atoms with E-state index in [9.17, 15) is 5.11 Å². The largest absolute Gasteiger partial charge is 0.507 e. The molecule has 0 aliphatic rings. The zero-order valence-electron chi connectivity index (χ0n) is 13.2. The van der Waals surface area contributed by atoms with Gasteiger partial charge in [0, 0.05) is 18.3 Å². The highest BCUT2D eigenvalue weighted by molar-refractivity contribution is 5.86. The van der Waals surface area contributed by atoms with Gasteiger partial charge in [-0.05, 0) is 36.8 Å². The summed E-state index contributed by atoms with van der Waals surface area (Å²) in [7, 11) is 1.59. The number of phenols is 1. The smallest absolute Gasteiger partial charge is 0.230 e. The number of imidazole rings is 1. The van der Waals surface area contributed by atoms with Crippen LogP contribution in [-0.4, -0.2) is 28.0 Å². The number of fused-ring (bicyclic) bond motifs is 1. The van der Waals surface area contributed by atoms with Gasteiger partial charge in [-0.3, -0.25) is 0 Å². The van der Waals surface area contributed by atoms with Gasteiger partial charge in [-0.2, -0.15) is 0 Å². The Balaban J connectivity index is 2.02. The zero-order chi connectivity index (χ0) is 16.2. The molecule has 3 rings (SSSR count). The third-order valence-electron chi connectivity index (χ3n) is 3.64. The van der Waals surface area contributed by atoms with Crippen molar-refractivity contribution in [2.45, 2.75) is 19.9 Å². The van der Waals surface area contributed by atoms with Gasteiger partial charge in [0.05, 0.1) is 18.1 Å². The second kappa shape index (κ2) is 6.52. The molecule has 23 heavy (non-hydrogen) atoms. The molecule has 1 heterocycles. The number of phenolic OH excluding ortho intramolecular Hbond substituents is 1. The van der Waals surface area contributed by atoms with E-state index in [0.717, 1.165) is 24.0 Å². The Hall–Kier alpha value is -2.82. The van der Waals surface area contributed by atoms with E-state index in [2.05, 4.69) is 21.5 Å². The lowest BCUT2D eigenvalue weighted by atomic mass is 10.2. The van der Waals surface area contributed by atoms with Gasteiger partial charge < -0.3 is 14.4 Å². The first-order valence-corrected chi connectivity index (χ1v) is 7.59. The highest BCUT2D eigenvalue weighted by Gasteiger charge is 2.08. The highest BCUT2D eigenvalue weighted by atomic mass is 16.5. The predicted octanol–water partition coefficient (Wildman–Crippen LogP) is 3.91. The van der Waals surface area contributed by atoms with Gasteiger partial charge in [0.2, 0.25) is 5.95 Å². The molecule has 3 aromatic rings. The number of nitrogens with zero attached hydrogens (tertiary/aromatic N) is 3. The number of aromatic nitrogens is 2. The van der Waals surface area contributed by atoms with Crippen LogP contribution in [0.15, 0.2) is 47.5 Å². The first-order valence-electron chi connectivity index (χ1n) is 7.59. The second-order valence-corrected chi connectivity index (χ2v) is 5.24. The van der Waals surface area contributed by atoms with Crippen LogP contribution in [0.25, 0.3) is 11.0 Å². The Labute approximate surface area is 134 Å². The van der Waals surface area contributed by atoms with Crippen molar-refractivity contribution in [2.24, 2.45) is 4.99 Å². The summed E-state index contributed by atoms with van der Waals surface area (Å²) in [6.07, 6.45) is 2.61. The van der Waals surface area contributed by atoms with Crippen LogP contribution in [0.4, 0.5) is 5.95 Å². The SMILES string of the molecule is CCCn1c(/N=C/c2cc(OC)ccc2O)nc2ccccc21. The molecule has 0 atom stereocenters. The van der Waals surface area contributed by atoms with Gasteiger partial charge in [0.1, 0.15) is 11.5 Å². The van der Waals surface area contributed by atoms with Crippen LogP contribution in [0.2, 0.25) is 0 Å². The average molecular weight is 309 g/mol. The predicted molar refractivity (Wildman–Crippen MR) is 91.9 cm³/mol. The minimum absolute atomic E-state index is 0.160. The summed E-state index contributed by atoms with van der Waals surface area (Å²) in [5, 5.41) is 9.95. The lowest BCUT2D eigenvalue weighted by molar-refractivity contribution is 0.412. The maximum atomic E-state index is 9.95. The van der Waals surface area contributed by atoms with Crippen LogP contribution >= 0.6 is 0 Å². The normalized spacial score (nSPS) is 11.4. The molecule has 5 heteroatoms. The second-order valence-electron chi connectivity index (χ2n) is 5.24. The number of benzene rings is 2. The molecule has 0 radical (unpaired) electrons. The van der Waals surface area contributed by atoms with Crippen molar-refractivity contribution in [1.29, 1.82) is 0 Å². The van der Waals surface area contributed by atoms with Crippen LogP contribution in [0.1, 0.15) is 18.9 Å². The third-order valence-corrected chi connectivity index (χ3v) is 3.64. The lowest BCUT2D eigenvalue weighted by Crippen LogP contribution is -1.96. The maximum Gasteiger partial charge on any atom is 0.230 e. The van der Waals surface area contributed by atoms with Gasteiger partial charge in [-0.15, -0.1) is 0 Å². The van der Waals surface area contributed by atoms with E-state index in [0.29, 0.717) is 17.3 Å². The van der Waals surface area contributed by atoms with Gasteiger partial charge in [0.25, 0.3) is 0 Å². The Morgan fingerprint density at radius 3 is 2.87 bits per heavy atom. The number of ether oxygens (including phenoxy) is 1. The number of aromatic hydroxyl groups is 1. The zero-order valence-corrected chi connectivity index (χ0v) is 13.2. The number of hydrogen-bond acceptors (Lipinski definition) is 4. The first-order chi connectivity index (χ1) is 11.2. The summed E-state index contributed by atoms with van der Waals surface area (Å²) in [6.45, 7) is 2.97. The molecule has 0 bridgehead atoms. The van der Waals surface area contributed by atoms with Gasteiger partial charge in [-0.25, -0.2) is 9.98 Å². The van der Waals surface area contributed by atoms with Crippen LogP contribution in [-0.2, 0) is 6.54 Å². The third kappa shape index (κ3) is 3.04. The molecule has 0 amide bonds. The van der Waals surface area contributed by atoms with Gasteiger partial charge in [-0.1, -0.05) is 19.1 Å². The van der Waals surface area contributed by atoms with Crippen molar-refractivity contribution < 1.29 is 9.84 Å². The minimum Gasteiger partial charge on any atom is -0.507 e. The summed E-state index contributed by atoms with van der Waals surface area (Å²) >= 11 is 0. The molecular weight excluding hydrogens is 290 g/mol. The quantitative estimate of drug-likeness (QED) is 0.727. The monoisotopic (exact) mass is 309 g/mol. The van der Waals surface area contributed by atoms with Crippen molar-refractivity contribution >= 4 is 23.2 Å². The van der Waals surface area contributed by atoms with Crippen molar-refractivity contribution in [1.82, 2.24) is 9.55 Å². The first kappa shape index (κ1) is 15.1. The van der Waals surface area contributed by atoms with E-state index in [4.69, 9.17) is 4.74 Å². The number of methoxy groups -OCH3 is 1. The minimum atomic E-state index is 0.160. The number of para-hydroxylation sites is 2. The fraction of sp³-hybridized carbons (Fsp3) is 0.222. The molecule has 0 aliphatic carbocycles. The average Bonchev–Trinajstić information content (AvgIpc) is 2.92.